The summed E-state index contributed by atoms with van der Waals surface area (Å²) >= 11 is 0. The Kier molecular flexibility index (Phi) is 4.35. The number of hydrogen-bond acceptors (Lipinski definition) is 6. The Bertz CT molecular complexity index is 1140. The average molecular weight is 377 g/mol. The molecule has 1 amide bonds. The topological polar surface area (TPSA) is 99.7 Å². The molecule has 1 atom stereocenters. The van der Waals surface area contributed by atoms with Crippen LogP contribution in [0.2, 0.25) is 0 Å². The van der Waals surface area contributed by atoms with E-state index in [4.69, 9.17) is 4.74 Å². The maximum Gasteiger partial charge on any atom is 0.308 e. The normalized spacial score (nSPS) is 16.8. The van der Waals surface area contributed by atoms with Gasteiger partial charge in [-0.2, -0.15) is 5.26 Å². The SMILES string of the molecule is COC(=O)C[C@H]1C(=O)NCCN1c1cc(C)c(C#N)c2nc3ccccc3n12. The largest absolute Gasteiger partial charge is 0.469 e. The first-order chi connectivity index (χ1) is 13.5. The summed E-state index contributed by atoms with van der Waals surface area (Å²) in [6.07, 6.45) is -0.0600. The van der Waals surface area contributed by atoms with Crippen LogP contribution >= 0.6 is 0 Å². The second-order valence-corrected chi connectivity index (χ2v) is 6.71. The van der Waals surface area contributed by atoms with Gasteiger partial charge in [0.2, 0.25) is 5.91 Å². The van der Waals surface area contributed by atoms with Crippen molar-refractivity contribution in [3.63, 3.8) is 0 Å². The molecule has 0 aliphatic carbocycles. The van der Waals surface area contributed by atoms with E-state index in [9.17, 15) is 14.9 Å². The van der Waals surface area contributed by atoms with Crippen molar-refractivity contribution in [1.29, 1.82) is 5.26 Å². The number of esters is 1. The number of aromatic nitrogens is 2. The third-order valence-corrected chi connectivity index (χ3v) is 5.08. The van der Waals surface area contributed by atoms with Crippen LogP contribution in [0, 0.1) is 18.3 Å². The van der Waals surface area contributed by atoms with E-state index in [1.165, 1.54) is 7.11 Å². The predicted octanol–water partition coefficient (Wildman–Crippen LogP) is 1.54. The van der Waals surface area contributed by atoms with Crippen LogP contribution in [0.1, 0.15) is 17.5 Å². The molecule has 0 radical (unpaired) electrons. The number of imidazole rings is 1. The number of piperazine rings is 1. The van der Waals surface area contributed by atoms with Crippen molar-refractivity contribution in [2.45, 2.75) is 19.4 Å². The fraction of sp³-hybridized carbons (Fsp3) is 0.300. The van der Waals surface area contributed by atoms with E-state index in [1.54, 1.807) is 0 Å². The van der Waals surface area contributed by atoms with Gasteiger partial charge in [0.1, 0.15) is 17.9 Å². The van der Waals surface area contributed by atoms with Crippen LogP contribution in [0.25, 0.3) is 16.7 Å². The molecule has 0 spiro atoms. The van der Waals surface area contributed by atoms with E-state index in [2.05, 4.69) is 16.4 Å². The number of carbonyl (C=O) groups excluding carboxylic acids is 2. The molecule has 1 N–H and O–H groups in total. The summed E-state index contributed by atoms with van der Waals surface area (Å²) in [6.45, 7) is 2.84. The van der Waals surface area contributed by atoms with Gasteiger partial charge in [-0.05, 0) is 30.7 Å². The molecule has 3 aromatic rings. The lowest BCUT2D eigenvalue weighted by Gasteiger charge is -2.36. The van der Waals surface area contributed by atoms with E-state index in [0.29, 0.717) is 24.3 Å². The number of aryl methyl sites for hydroxylation is 1. The van der Waals surface area contributed by atoms with Gasteiger partial charge in [0.15, 0.2) is 5.65 Å². The highest BCUT2D eigenvalue weighted by molar-refractivity contribution is 5.92. The number of methoxy groups -OCH3 is 1. The summed E-state index contributed by atoms with van der Waals surface area (Å²) in [5.41, 5.74) is 3.40. The molecule has 1 aliphatic rings. The highest BCUT2D eigenvalue weighted by Gasteiger charge is 2.34. The first kappa shape index (κ1) is 17.8. The van der Waals surface area contributed by atoms with Crippen LogP contribution < -0.4 is 10.2 Å². The van der Waals surface area contributed by atoms with Gasteiger partial charge in [0, 0.05) is 13.1 Å². The number of anilines is 1. The van der Waals surface area contributed by atoms with Crippen molar-refractivity contribution in [3.8, 4) is 6.07 Å². The number of nitrogens with one attached hydrogen (secondary N) is 1. The summed E-state index contributed by atoms with van der Waals surface area (Å²) in [4.78, 5) is 31.0. The first-order valence-corrected chi connectivity index (χ1v) is 8.97. The van der Waals surface area contributed by atoms with E-state index < -0.39 is 12.0 Å². The number of nitrogens with zero attached hydrogens (tertiary/aromatic N) is 4. The Labute approximate surface area is 161 Å². The molecule has 0 unspecified atom stereocenters. The van der Waals surface area contributed by atoms with Gasteiger partial charge in [0.25, 0.3) is 0 Å². The maximum absolute atomic E-state index is 12.5. The van der Waals surface area contributed by atoms with Gasteiger partial charge in [-0.15, -0.1) is 0 Å². The van der Waals surface area contributed by atoms with Gasteiger partial charge in [-0.1, -0.05) is 12.1 Å². The Morgan fingerprint density at radius 1 is 1.43 bits per heavy atom. The third kappa shape index (κ3) is 2.72. The van der Waals surface area contributed by atoms with Crippen LogP contribution in [0.5, 0.6) is 0 Å². The number of amides is 1. The van der Waals surface area contributed by atoms with Crippen LogP contribution in [0.3, 0.4) is 0 Å². The molecule has 28 heavy (non-hydrogen) atoms. The number of benzene rings is 1. The van der Waals surface area contributed by atoms with Crippen LogP contribution in [0.4, 0.5) is 5.82 Å². The number of fused-ring (bicyclic) bond motifs is 3. The smallest absolute Gasteiger partial charge is 0.308 e. The molecule has 1 aliphatic heterocycles. The molecule has 142 valence electrons. The summed E-state index contributed by atoms with van der Waals surface area (Å²) in [5.74, 6) is 0.0457. The van der Waals surface area contributed by atoms with Crippen molar-refractivity contribution in [2.75, 3.05) is 25.1 Å². The number of nitriles is 1. The Hall–Kier alpha value is -3.60. The zero-order chi connectivity index (χ0) is 19.8. The minimum absolute atomic E-state index is 0.0600. The molecule has 1 fully saturated rings. The molecular weight excluding hydrogens is 358 g/mol. The monoisotopic (exact) mass is 377 g/mol. The van der Waals surface area contributed by atoms with Gasteiger partial charge < -0.3 is 15.0 Å². The number of pyridine rings is 1. The van der Waals surface area contributed by atoms with Crippen LogP contribution in [-0.4, -0.2) is 47.5 Å². The molecule has 0 bridgehead atoms. The van der Waals surface area contributed by atoms with Crippen LogP contribution in [-0.2, 0) is 14.3 Å². The second kappa shape index (κ2) is 6.85. The van der Waals surface area contributed by atoms with Gasteiger partial charge in [-0.3, -0.25) is 14.0 Å². The third-order valence-electron chi connectivity index (χ3n) is 5.08. The lowest BCUT2D eigenvalue weighted by atomic mass is 10.1. The molecule has 8 heteroatoms. The molecule has 0 saturated carbocycles. The molecule has 1 aromatic carbocycles. The zero-order valence-electron chi connectivity index (χ0n) is 15.6. The number of ether oxygens (including phenoxy) is 1. The lowest BCUT2D eigenvalue weighted by Crippen LogP contribution is -2.56. The standard InChI is InChI=1S/C20H19N5O3/c1-12-9-17(24-8-7-22-20(27)16(24)10-18(26)28-2)25-15-6-4-3-5-14(15)23-19(25)13(12)11-21/h3-6,9,16H,7-8,10H2,1-2H3,(H,22,27)/t16-/m0/s1. The molecule has 1 saturated heterocycles. The minimum Gasteiger partial charge on any atom is -0.469 e. The number of carbonyl (C=O) groups is 2. The van der Waals surface area contributed by atoms with E-state index in [1.807, 2.05) is 46.6 Å². The van der Waals surface area contributed by atoms with Gasteiger partial charge in [0.05, 0.1) is 30.1 Å². The average Bonchev–Trinajstić information content (AvgIpc) is 3.08. The van der Waals surface area contributed by atoms with E-state index in [0.717, 1.165) is 22.4 Å². The summed E-state index contributed by atoms with van der Waals surface area (Å²) in [7, 11) is 1.31. The quantitative estimate of drug-likeness (QED) is 0.695. The highest BCUT2D eigenvalue weighted by atomic mass is 16.5. The second-order valence-electron chi connectivity index (χ2n) is 6.71. The lowest BCUT2D eigenvalue weighted by molar-refractivity contribution is -0.143. The van der Waals surface area contributed by atoms with Crippen molar-refractivity contribution < 1.29 is 14.3 Å². The Balaban J connectivity index is 1.98. The summed E-state index contributed by atoms with van der Waals surface area (Å²) < 4.78 is 6.67. The molecule has 4 rings (SSSR count). The fourth-order valence-corrected chi connectivity index (χ4v) is 3.71. The van der Waals surface area contributed by atoms with Crippen molar-refractivity contribution in [1.82, 2.24) is 14.7 Å². The van der Waals surface area contributed by atoms with E-state index in [-0.39, 0.29) is 12.3 Å². The van der Waals surface area contributed by atoms with Crippen molar-refractivity contribution in [2.24, 2.45) is 0 Å². The van der Waals surface area contributed by atoms with Crippen molar-refractivity contribution in [3.05, 3.63) is 41.5 Å². The van der Waals surface area contributed by atoms with Crippen LogP contribution in [0.15, 0.2) is 30.3 Å². The number of rotatable bonds is 3. The Morgan fingerprint density at radius 2 is 2.21 bits per heavy atom. The molecule has 2 aromatic heterocycles. The first-order valence-electron chi connectivity index (χ1n) is 8.97. The Morgan fingerprint density at radius 3 is 2.96 bits per heavy atom. The number of para-hydroxylation sites is 2. The summed E-state index contributed by atoms with van der Waals surface area (Å²) in [5, 5.41) is 12.5. The molecule has 3 heterocycles. The highest BCUT2D eigenvalue weighted by Crippen LogP contribution is 2.30. The predicted molar refractivity (Wildman–Crippen MR) is 103 cm³/mol. The summed E-state index contributed by atoms with van der Waals surface area (Å²) in [6, 6.07) is 11.0. The minimum atomic E-state index is -0.696. The molecular formula is C20H19N5O3. The molecule has 8 nitrogen and oxygen atoms in total. The number of hydrogen-bond donors (Lipinski definition) is 1. The zero-order valence-corrected chi connectivity index (χ0v) is 15.6. The van der Waals surface area contributed by atoms with Gasteiger partial charge in [-0.25, -0.2) is 4.98 Å². The van der Waals surface area contributed by atoms with Gasteiger partial charge >= 0.3 is 5.97 Å². The van der Waals surface area contributed by atoms with E-state index >= 15 is 0 Å². The van der Waals surface area contributed by atoms with Crippen molar-refractivity contribution >= 4 is 34.4 Å². The fourth-order valence-electron chi connectivity index (χ4n) is 3.71. The maximum atomic E-state index is 12.5.